The van der Waals surface area contributed by atoms with Crippen molar-refractivity contribution in [1.82, 2.24) is 4.57 Å². The van der Waals surface area contributed by atoms with Crippen LogP contribution in [0.5, 0.6) is 0 Å². The fourth-order valence-corrected chi connectivity index (χ4v) is 5.61. The highest BCUT2D eigenvalue weighted by molar-refractivity contribution is 5.93. The van der Waals surface area contributed by atoms with Crippen molar-refractivity contribution >= 4 is 27.8 Å². The Balaban J connectivity index is 0.000000622. The number of hydrogen-bond donors (Lipinski definition) is 0. The first-order valence-electron chi connectivity index (χ1n) is 12.7. The van der Waals surface area contributed by atoms with Gasteiger partial charge in [0.05, 0.1) is 11.2 Å². The molecule has 1 heteroatoms. The fraction of sp³-hybridized carbons (Fsp3) is 0.212. The Morgan fingerprint density at radius 2 is 1.38 bits per heavy atom. The van der Waals surface area contributed by atoms with Crippen LogP contribution >= 0.6 is 0 Å². The lowest BCUT2D eigenvalue weighted by Gasteiger charge is -2.15. The third kappa shape index (κ3) is 3.30. The van der Waals surface area contributed by atoms with Crippen LogP contribution in [0.25, 0.3) is 44.6 Å². The lowest BCUT2D eigenvalue weighted by atomic mass is 9.96. The number of aromatic nitrogens is 1. The normalized spacial score (nSPS) is 19.6. The van der Waals surface area contributed by atoms with Crippen LogP contribution in [0.15, 0.2) is 96.6 Å². The zero-order chi connectivity index (χ0) is 22.6. The van der Waals surface area contributed by atoms with E-state index in [1.54, 1.807) is 5.56 Å². The quantitative estimate of drug-likeness (QED) is 0.258. The molecule has 1 nitrogen and oxygen atoms in total. The summed E-state index contributed by atoms with van der Waals surface area (Å²) in [4.78, 5) is 0. The number of hydrogen-bond acceptors (Lipinski definition) is 0. The van der Waals surface area contributed by atoms with Crippen LogP contribution < -0.4 is 0 Å². The molecule has 2 saturated carbocycles. The molecule has 0 saturated heterocycles. The largest absolute Gasteiger partial charge is 0.310 e. The minimum atomic E-state index is 0.711. The van der Waals surface area contributed by atoms with E-state index in [4.69, 9.17) is 0 Å². The van der Waals surface area contributed by atoms with E-state index in [2.05, 4.69) is 109 Å². The fourth-order valence-electron chi connectivity index (χ4n) is 5.61. The van der Waals surface area contributed by atoms with Crippen molar-refractivity contribution < 1.29 is 0 Å². The summed E-state index contributed by atoms with van der Waals surface area (Å²) in [5.74, 6) is 1.48. The third-order valence-electron chi connectivity index (χ3n) is 7.62. The molecule has 0 N–H and O–H groups in total. The van der Waals surface area contributed by atoms with Crippen molar-refractivity contribution in [3.8, 4) is 16.8 Å². The van der Waals surface area contributed by atoms with Crippen molar-refractivity contribution in [1.29, 1.82) is 0 Å². The summed E-state index contributed by atoms with van der Waals surface area (Å²) in [5, 5.41) is 4.00. The second kappa shape index (κ2) is 7.74. The van der Waals surface area contributed by atoms with Gasteiger partial charge in [0.2, 0.25) is 0 Å². The van der Waals surface area contributed by atoms with E-state index in [1.807, 2.05) is 0 Å². The summed E-state index contributed by atoms with van der Waals surface area (Å²) < 4.78 is 2.47. The van der Waals surface area contributed by atoms with Crippen LogP contribution in [0.2, 0.25) is 0 Å². The molecular weight excluding hydrogens is 410 g/mol. The number of para-hydroxylation sites is 1. The van der Waals surface area contributed by atoms with Crippen LogP contribution in [0.4, 0.5) is 0 Å². The number of nitrogens with zero attached hydrogens (tertiary/aromatic N) is 1. The van der Waals surface area contributed by atoms with E-state index in [-0.39, 0.29) is 0 Å². The van der Waals surface area contributed by atoms with Gasteiger partial charge in [-0.15, -0.1) is 0 Å². The molecule has 0 spiro atoms. The van der Waals surface area contributed by atoms with E-state index in [9.17, 15) is 0 Å². The van der Waals surface area contributed by atoms with Crippen LogP contribution in [0, 0.1) is 5.92 Å². The van der Waals surface area contributed by atoms with E-state index in [0.717, 1.165) is 5.92 Å². The smallest absolute Gasteiger partial charge is 0.0537 e. The minimum absolute atomic E-state index is 0.711. The Labute approximate surface area is 201 Å². The highest BCUT2D eigenvalue weighted by Gasteiger charge is 2.45. The lowest BCUT2D eigenvalue weighted by molar-refractivity contribution is 0.918. The van der Waals surface area contributed by atoms with Gasteiger partial charge in [0, 0.05) is 11.1 Å². The lowest BCUT2D eigenvalue weighted by Crippen LogP contribution is -2.01. The molecule has 0 bridgehead atoms. The molecule has 8 rings (SSSR count). The molecule has 2 fully saturated rings. The van der Waals surface area contributed by atoms with Gasteiger partial charge >= 0.3 is 0 Å². The van der Waals surface area contributed by atoms with Gasteiger partial charge in [-0.05, 0) is 83.0 Å². The molecule has 2 unspecified atom stereocenters. The first kappa shape index (κ1) is 19.9. The van der Waals surface area contributed by atoms with Crippen molar-refractivity contribution in [3.63, 3.8) is 0 Å². The first-order chi connectivity index (χ1) is 16.8. The number of allylic oxidation sites excluding steroid dienone is 1. The van der Waals surface area contributed by atoms with E-state index >= 15 is 0 Å². The molecule has 166 valence electrons. The molecule has 2 atom stereocenters. The Kier molecular flexibility index (Phi) is 4.52. The van der Waals surface area contributed by atoms with E-state index < -0.39 is 0 Å². The Hall–Kier alpha value is -3.58. The van der Waals surface area contributed by atoms with Crippen LogP contribution in [-0.2, 0) is 0 Å². The van der Waals surface area contributed by atoms with Gasteiger partial charge in [0.15, 0.2) is 0 Å². The summed E-state index contributed by atoms with van der Waals surface area (Å²) >= 11 is 0. The van der Waals surface area contributed by atoms with Crippen LogP contribution in [0.1, 0.15) is 49.8 Å². The predicted octanol–water partition coefficient (Wildman–Crippen LogP) is 9.14. The second-order valence-electron chi connectivity index (χ2n) is 10.2. The summed E-state index contributed by atoms with van der Waals surface area (Å²) in [6.07, 6.45) is 8.24. The molecule has 1 aromatic heterocycles. The van der Waals surface area contributed by atoms with E-state index in [1.165, 1.54) is 75.4 Å². The molecule has 0 aliphatic heterocycles. The van der Waals surface area contributed by atoms with E-state index in [0.29, 0.717) is 5.92 Å². The maximum absolute atomic E-state index is 2.47. The SMILES string of the molecule is C1CC1.CC1=Cc2c(c3ccccc3n2-c2ccc(-c3ccc4ccccc4c3)cc2)C2CC12. The molecule has 3 aliphatic rings. The van der Waals surface area contributed by atoms with Gasteiger partial charge < -0.3 is 4.57 Å². The van der Waals surface area contributed by atoms with Gasteiger partial charge in [-0.1, -0.05) is 91.6 Å². The highest BCUT2D eigenvalue weighted by Crippen LogP contribution is 2.58. The zero-order valence-electron chi connectivity index (χ0n) is 19.7. The number of benzene rings is 4. The van der Waals surface area contributed by atoms with Crippen molar-refractivity contribution in [2.24, 2.45) is 5.92 Å². The maximum atomic E-state index is 2.47. The van der Waals surface area contributed by atoms with Crippen LogP contribution in [0.3, 0.4) is 0 Å². The van der Waals surface area contributed by atoms with Gasteiger partial charge in [-0.3, -0.25) is 0 Å². The summed E-state index contributed by atoms with van der Waals surface area (Å²) in [6, 6.07) is 33.3. The summed E-state index contributed by atoms with van der Waals surface area (Å²) in [5.41, 5.74) is 9.57. The Bertz CT molecular complexity index is 1560. The summed E-state index contributed by atoms with van der Waals surface area (Å²) in [6.45, 7) is 2.30. The van der Waals surface area contributed by atoms with Gasteiger partial charge in [0.25, 0.3) is 0 Å². The van der Waals surface area contributed by atoms with Crippen molar-refractivity contribution in [2.45, 2.75) is 38.5 Å². The zero-order valence-corrected chi connectivity index (χ0v) is 19.7. The topological polar surface area (TPSA) is 4.93 Å². The average Bonchev–Trinajstić information content (AvgIpc) is 3.80. The Morgan fingerprint density at radius 1 is 0.676 bits per heavy atom. The first-order valence-corrected chi connectivity index (χ1v) is 12.7. The molecule has 34 heavy (non-hydrogen) atoms. The molecule has 3 aliphatic carbocycles. The number of fused-ring (bicyclic) bond motifs is 6. The highest BCUT2D eigenvalue weighted by atomic mass is 15.0. The molecule has 0 radical (unpaired) electrons. The maximum Gasteiger partial charge on any atom is 0.0537 e. The molecule has 5 aromatic rings. The average molecular weight is 440 g/mol. The summed E-state index contributed by atoms with van der Waals surface area (Å²) in [7, 11) is 0. The van der Waals surface area contributed by atoms with Gasteiger partial charge in [0.1, 0.15) is 0 Å². The van der Waals surface area contributed by atoms with Gasteiger partial charge in [-0.2, -0.15) is 0 Å². The van der Waals surface area contributed by atoms with Gasteiger partial charge in [-0.25, -0.2) is 0 Å². The Morgan fingerprint density at radius 3 is 2.18 bits per heavy atom. The third-order valence-corrected chi connectivity index (χ3v) is 7.62. The number of rotatable bonds is 2. The minimum Gasteiger partial charge on any atom is -0.310 e. The monoisotopic (exact) mass is 439 g/mol. The molecular formula is C33H29N. The van der Waals surface area contributed by atoms with Crippen molar-refractivity contribution in [3.05, 3.63) is 108 Å². The predicted molar refractivity (Wildman–Crippen MR) is 145 cm³/mol. The molecule has 1 heterocycles. The standard InChI is InChI=1S/C30H23N.C3H6/c1-19-16-29-30(27-18-26(19)27)25-8-4-5-9-28(25)31(29)24-14-12-21(13-15-24)23-11-10-20-6-2-3-7-22(20)17-23;1-2-3-1/h2-17,26-27H,18H2,1H3;1-3H2. The van der Waals surface area contributed by atoms with Crippen molar-refractivity contribution in [2.75, 3.05) is 0 Å². The van der Waals surface area contributed by atoms with Crippen LogP contribution in [-0.4, -0.2) is 4.57 Å². The molecule has 0 amide bonds. The molecule has 4 aromatic carbocycles. The second-order valence-corrected chi connectivity index (χ2v) is 10.2.